The number of hydrogen-bond acceptors (Lipinski definition) is 1. The highest BCUT2D eigenvalue weighted by Crippen LogP contribution is 2.19. The van der Waals surface area contributed by atoms with Gasteiger partial charge in [-0.1, -0.05) is 61.5 Å². The zero-order chi connectivity index (χ0) is 13.9. The summed E-state index contributed by atoms with van der Waals surface area (Å²) < 4.78 is 0. The smallest absolute Gasteiger partial charge is 0.0592 e. The minimum Gasteiger partial charge on any atom is -0.152 e. The Morgan fingerprint density at radius 3 is 2.11 bits per heavy atom. The van der Waals surface area contributed by atoms with Crippen molar-refractivity contribution in [2.24, 2.45) is 0 Å². The molecule has 3 heteroatoms. The van der Waals surface area contributed by atoms with Crippen LogP contribution in [0.4, 0.5) is 0 Å². The monoisotopic (exact) mass is 314 g/mol. The van der Waals surface area contributed by atoms with Crippen LogP contribution in [0.1, 0.15) is 38.2 Å². The molecule has 0 saturated heterocycles. The Morgan fingerprint density at radius 1 is 0.947 bits per heavy atom. The first-order valence-electron chi connectivity index (χ1n) is 6.65. The molecule has 1 aromatic carbocycles. The molecule has 0 aliphatic heterocycles. The van der Waals surface area contributed by atoms with Gasteiger partial charge >= 0.3 is 0 Å². The van der Waals surface area contributed by atoms with E-state index in [1.165, 1.54) is 37.7 Å². The van der Waals surface area contributed by atoms with Crippen LogP contribution in [0.3, 0.4) is 0 Å². The van der Waals surface area contributed by atoms with Crippen LogP contribution < -0.4 is 0 Å². The maximum absolute atomic E-state index is 5.58. The lowest BCUT2D eigenvalue weighted by Crippen LogP contribution is -1.81. The summed E-state index contributed by atoms with van der Waals surface area (Å²) in [5.74, 6) is 0. The van der Waals surface area contributed by atoms with E-state index in [0.717, 1.165) is 0 Å². The lowest BCUT2D eigenvalue weighted by Gasteiger charge is -1.96. The molecule has 0 atom stereocenters. The van der Waals surface area contributed by atoms with Gasteiger partial charge in [0.1, 0.15) is 0 Å². The van der Waals surface area contributed by atoms with E-state index in [2.05, 4.69) is 23.8 Å². The predicted octanol–water partition coefficient (Wildman–Crippen LogP) is 6.86. The molecule has 0 N–H and O–H groups in total. The molecule has 0 fully saturated rings. The second-order valence-electron chi connectivity index (χ2n) is 4.36. The van der Waals surface area contributed by atoms with Crippen molar-refractivity contribution in [3.63, 3.8) is 0 Å². The van der Waals surface area contributed by atoms with E-state index >= 15 is 0 Å². The van der Waals surface area contributed by atoms with Crippen LogP contribution in [0.5, 0.6) is 0 Å². The predicted molar refractivity (Wildman–Crippen MR) is 88.6 cm³/mol. The van der Waals surface area contributed by atoms with Crippen molar-refractivity contribution in [2.75, 3.05) is 0 Å². The summed E-state index contributed by atoms with van der Waals surface area (Å²) in [5, 5.41) is 5.63. The molecule has 104 valence electrons. The van der Waals surface area contributed by atoms with E-state index in [1.807, 2.05) is 12.1 Å². The van der Waals surface area contributed by atoms with Gasteiger partial charge in [0.15, 0.2) is 0 Å². The second kappa shape index (κ2) is 10.3. The van der Waals surface area contributed by atoms with E-state index in [0.29, 0.717) is 10.0 Å². The Morgan fingerprint density at radius 2 is 1.63 bits per heavy atom. The lowest BCUT2D eigenvalue weighted by molar-refractivity contribution is 0.667. The number of thiophene rings is 1. The Bertz CT molecular complexity index is 417. The maximum atomic E-state index is 5.58. The van der Waals surface area contributed by atoms with E-state index in [9.17, 15) is 0 Å². The molecule has 0 nitrogen and oxygen atoms in total. The molecule has 1 aromatic heterocycles. The fourth-order valence-corrected chi connectivity index (χ4v) is 2.60. The molecular weight excluding hydrogens is 295 g/mol. The van der Waals surface area contributed by atoms with Crippen molar-refractivity contribution in [2.45, 2.75) is 39.0 Å². The molecule has 0 bridgehead atoms. The van der Waals surface area contributed by atoms with Crippen LogP contribution in [-0.2, 0) is 6.42 Å². The van der Waals surface area contributed by atoms with Crippen molar-refractivity contribution in [3.8, 4) is 0 Å². The molecule has 2 aromatic rings. The van der Waals surface area contributed by atoms with Crippen molar-refractivity contribution >= 4 is 34.5 Å². The lowest BCUT2D eigenvalue weighted by atomic mass is 10.1. The van der Waals surface area contributed by atoms with Crippen molar-refractivity contribution < 1.29 is 0 Å². The normalized spacial score (nSPS) is 9.84. The van der Waals surface area contributed by atoms with Gasteiger partial charge < -0.3 is 0 Å². The van der Waals surface area contributed by atoms with Crippen molar-refractivity contribution in [1.29, 1.82) is 0 Å². The van der Waals surface area contributed by atoms with Gasteiger partial charge in [0.05, 0.1) is 10.0 Å². The van der Waals surface area contributed by atoms with Crippen LogP contribution in [0.2, 0.25) is 10.0 Å². The highest BCUT2D eigenvalue weighted by molar-refractivity contribution is 7.07. The summed E-state index contributed by atoms with van der Waals surface area (Å²) in [7, 11) is 0. The minimum absolute atomic E-state index is 0.606. The first-order valence-corrected chi connectivity index (χ1v) is 8.35. The molecule has 0 spiro atoms. The quantitative estimate of drug-likeness (QED) is 0.528. The third kappa shape index (κ3) is 7.61. The average Bonchev–Trinajstić information content (AvgIpc) is 2.92. The molecule has 0 radical (unpaired) electrons. The van der Waals surface area contributed by atoms with Gasteiger partial charge in [-0.05, 0) is 47.4 Å². The minimum atomic E-state index is 0.606. The summed E-state index contributed by atoms with van der Waals surface area (Å²) in [4.78, 5) is 0. The van der Waals surface area contributed by atoms with Gasteiger partial charge in [-0.3, -0.25) is 0 Å². The molecule has 2 rings (SSSR count). The summed E-state index contributed by atoms with van der Waals surface area (Å²) in [6.45, 7) is 2.25. The molecule has 0 amide bonds. The summed E-state index contributed by atoms with van der Waals surface area (Å²) in [6.07, 6.45) is 6.77. The summed E-state index contributed by atoms with van der Waals surface area (Å²) in [6, 6.07) is 9.42. The number of aryl methyl sites for hydroxylation is 1. The number of unbranched alkanes of at least 4 members (excludes halogenated alkanes) is 3. The molecule has 19 heavy (non-hydrogen) atoms. The summed E-state index contributed by atoms with van der Waals surface area (Å²) >= 11 is 13.0. The number of halogens is 2. The Hall–Kier alpha value is -0.500. The number of rotatable bonds is 5. The second-order valence-corrected chi connectivity index (χ2v) is 5.95. The van der Waals surface area contributed by atoms with E-state index < -0.39 is 0 Å². The van der Waals surface area contributed by atoms with Gasteiger partial charge in [-0.15, -0.1) is 0 Å². The Kier molecular flexibility index (Phi) is 8.98. The fourth-order valence-electron chi connectivity index (χ4n) is 1.63. The molecule has 0 aliphatic rings. The maximum Gasteiger partial charge on any atom is 0.0592 e. The summed E-state index contributed by atoms with van der Waals surface area (Å²) in [5.41, 5.74) is 1.52. The Labute approximate surface area is 130 Å². The zero-order valence-electron chi connectivity index (χ0n) is 11.2. The van der Waals surface area contributed by atoms with Gasteiger partial charge in [-0.25, -0.2) is 0 Å². The van der Waals surface area contributed by atoms with Crippen LogP contribution in [0.15, 0.2) is 41.1 Å². The van der Waals surface area contributed by atoms with Crippen LogP contribution in [-0.4, -0.2) is 0 Å². The third-order valence-corrected chi connectivity index (χ3v) is 4.21. The SMILES string of the molecule is CCCCCCc1ccsc1.Clc1ccccc1Cl. The molecule has 0 saturated carbocycles. The first-order chi connectivity index (χ1) is 9.24. The van der Waals surface area contributed by atoms with Gasteiger partial charge in [0.2, 0.25) is 0 Å². The topological polar surface area (TPSA) is 0 Å². The van der Waals surface area contributed by atoms with E-state index in [-0.39, 0.29) is 0 Å². The molecule has 0 unspecified atom stereocenters. The van der Waals surface area contributed by atoms with E-state index in [1.54, 1.807) is 23.5 Å². The molecule has 1 heterocycles. The molecular formula is C16H20Cl2S. The highest BCUT2D eigenvalue weighted by atomic mass is 35.5. The van der Waals surface area contributed by atoms with Gasteiger partial charge in [0.25, 0.3) is 0 Å². The Balaban J connectivity index is 0.000000200. The van der Waals surface area contributed by atoms with Crippen molar-refractivity contribution in [1.82, 2.24) is 0 Å². The van der Waals surface area contributed by atoms with Crippen LogP contribution >= 0.6 is 34.5 Å². The number of benzene rings is 1. The van der Waals surface area contributed by atoms with E-state index in [4.69, 9.17) is 23.2 Å². The van der Waals surface area contributed by atoms with Gasteiger partial charge in [0, 0.05) is 0 Å². The first kappa shape index (κ1) is 16.6. The van der Waals surface area contributed by atoms with Gasteiger partial charge in [-0.2, -0.15) is 11.3 Å². The third-order valence-electron chi connectivity index (χ3n) is 2.72. The van der Waals surface area contributed by atoms with Crippen molar-refractivity contribution in [3.05, 3.63) is 56.7 Å². The highest BCUT2D eigenvalue weighted by Gasteiger charge is 1.92. The molecule has 0 aliphatic carbocycles. The standard InChI is InChI=1S/C10H16S.C6H4Cl2/c1-2-3-4-5-6-10-7-8-11-9-10;7-5-3-1-2-4-6(5)8/h7-9H,2-6H2,1H3;1-4H. The largest absolute Gasteiger partial charge is 0.152 e. The average molecular weight is 315 g/mol. The fraction of sp³-hybridized carbons (Fsp3) is 0.375. The van der Waals surface area contributed by atoms with Crippen LogP contribution in [0.25, 0.3) is 0 Å². The zero-order valence-corrected chi connectivity index (χ0v) is 13.6. The number of hydrogen-bond donors (Lipinski definition) is 0. The van der Waals surface area contributed by atoms with Crippen LogP contribution in [0, 0.1) is 0 Å².